The number of nitrogens with zero attached hydrogens (tertiary/aromatic N) is 2. The molecule has 28 heavy (non-hydrogen) atoms. The second-order valence-corrected chi connectivity index (χ2v) is 6.48. The first-order chi connectivity index (χ1) is 13.5. The summed E-state index contributed by atoms with van der Waals surface area (Å²) in [6.45, 7) is 8.26. The number of rotatable bonds is 8. The molecule has 2 aromatic rings. The number of aliphatic imine (C=N–C) groups is 1. The van der Waals surface area contributed by atoms with Gasteiger partial charge in [-0.25, -0.2) is 4.99 Å². The van der Waals surface area contributed by atoms with E-state index in [0.717, 1.165) is 36.0 Å². The minimum absolute atomic E-state index is 0.0796. The minimum Gasteiger partial charge on any atom is -0.494 e. The number of hydrogen-bond acceptors (Lipinski definition) is 3. The first-order valence-electron chi connectivity index (χ1n) is 9.59. The van der Waals surface area contributed by atoms with Crippen LogP contribution >= 0.6 is 0 Å². The number of ether oxygens (including phenoxy) is 1. The van der Waals surface area contributed by atoms with Crippen molar-refractivity contribution in [1.82, 2.24) is 10.2 Å². The molecule has 0 bridgehead atoms. The zero-order valence-corrected chi connectivity index (χ0v) is 17.2. The highest BCUT2D eigenvalue weighted by molar-refractivity contribution is 5.88. The van der Waals surface area contributed by atoms with Gasteiger partial charge in [-0.3, -0.25) is 4.79 Å². The average molecular weight is 383 g/mol. The van der Waals surface area contributed by atoms with Crippen molar-refractivity contribution in [3.63, 3.8) is 0 Å². The smallest absolute Gasteiger partial charge is 0.221 e. The van der Waals surface area contributed by atoms with E-state index < -0.39 is 0 Å². The van der Waals surface area contributed by atoms with E-state index in [2.05, 4.69) is 34.6 Å². The second kappa shape index (κ2) is 11.0. The van der Waals surface area contributed by atoms with Gasteiger partial charge < -0.3 is 20.3 Å². The number of carbonyl (C=O) groups excluding carboxylic acids is 1. The summed E-state index contributed by atoms with van der Waals surface area (Å²) in [5.41, 5.74) is 3.01. The maximum absolute atomic E-state index is 11.2. The molecular weight excluding hydrogens is 352 g/mol. The van der Waals surface area contributed by atoms with Crippen LogP contribution in [0.5, 0.6) is 5.75 Å². The lowest BCUT2D eigenvalue weighted by molar-refractivity contribution is -0.114. The summed E-state index contributed by atoms with van der Waals surface area (Å²) in [6, 6.07) is 15.9. The van der Waals surface area contributed by atoms with Crippen LogP contribution in [-0.4, -0.2) is 37.0 Å². The zero-order chi connectivity index (χ0) is 20.4. The van der Waals surface area contributed by atoms with E-state index in [0.29, 0.717) is 13.2 Å². The molecule has 0 spiro atoms. The third-order valence-electron chi connectivity index (χ3n) is 4.01. The molecule has 6 nitrogen and oxygen atoms in total. The molecule has 0 aromatic heterocycles. The van der Waals surface area contributed by atoms with Gasteiger partial charge in [0.05, 0.1) is 13.2 Å². The van der Waals surface area contributed by atoms with Crippen LogP contribution in [-0.2, 0) is 17.9 Å². The number of hydrogen-bond donors (Lipinski definition) is 2. The van der Waals surface area contributed by atoms with Crippen molar-refractivity contribution in [2.75, 3.05) is 25.5 Å². The van der Waals surface area contributed by atoms with Gasteiger partial charge in [0.15, 0.2) is 5.96 Å². The van der Waals surface area contributed by atoms with Crippen molar-refractivity contribution in [2.24, 2.45) is 4.99 Å². The van der Waals surface area contributed by atoms with E-state index >= 15 is 0 Å². The molecule has 0 heterocycles. The molecule has 0 aliphatic rings. The Morgan fingerprint density at radius 2 is 1.86 bits per heavy atom. The number of nitrogens with one attached hydrogen (secondary N) is 2. The molecule has 0 saturated heterocycles. The molecule has 2 N–H and O–H groups in total. The van der Waals surface area contributed by atoms with E-state index in [9.17, 15) is 4.79 Å². The van der Waals surface area contributed by atoms with Crippen LogP contribution in [0.25, 0.3) is 0 Å². The van der Waals surface area contributed by atoms with E-state index in [1.165, 1.54) is 12.5 Å². The van der Waals surface area contributed by atoms with Crippen LogP contribution in [0.1, 0.15) is 31.9 Å². The highest BCUT2D eigenvalue weighted by Crippen LogP contribution is 2.14. The molecule has 150 valence electrons. The van der Waals surface area contributed by atoms with Crippen LogP contribution < -0.4 is 15.4 Å². The predicted octanol–water partition coefficient (Wildman–Crippen LogP) is 3.64. The molecule has 0 atom stereocenters. The topological polar surface area (TPSA) is 66.0 Å². The molecule has 0 aliphatic carbocycles. The lowest BCUT2D eigenvalue weighted by atomic mass is 10.2. The van der Waals surface area contributed by atoms with E-state index in [1.54, 1.807) is 0 Å². The predicted molar refractivity (Wildman–Crippen MR) is 115 cm³/mol. The molecule has 0 aliphatic heterocycles. The van der Waals surface area contributed by atoms with Gasteiger partial charge in [-0.15, -0.1) is 0 Å². The summed E-state index contributed by atoms with van der Waals surface area (Å²) in [4.78, 5) is 18.1. The Morgan fingerprint density at radius 3 is 2.50 bits per heavy atom. The standard InChI is InChI=1S/C22H30N4O2/c1-5-23-22(24-15-19-8-7-9-20(14-19)25-17(3)27)26(4)16-18-10-12-21(13-11-18)28-6-2/h7-14H,5-6,15-16H2,1-4H3,(H,23,24)(H,25,27). The fourth-order valence-corrected chi connectivity index (χ4v) is 2.79. The molecule has 0 saturated carbocycles. The molecule has 0 fully saturated rings. The summed E-state index contributed by atoms with van der Waals surface area (Å²) in [6.07, 6.45) is 0. The van der Waals surface area contributed by atoms with Gasteiger partial charge >= 0.3 is 0 Å². The molecule has 2 aromatic carbocycles. The summed E-state index contributed by atoms with van der Waals surface area (Å²) >= 11 is 0. The van der Waals surface area contributed by atoms with E-state index in [1.807, 2.05) is 50.4 Å². The zero-order valence-electron chi connectivity index (χ0n) is 17.2. The van der Waals surface area contributed by atoms with Gasteiger partial charge in [-0.2, -0.15) is 0 Å². The van der Waals surface area contributed by atoms with Gasteiger partial charge in [0, 0.05) is 32.7 Å². The summed E-state index contributed by atoms with van der Waals surface area (Å²) in [7, 11) is 2.02. The molecular formula is C22H30N4O2. The number of amides is 1. The number of benzene rings is 2. The first-order valence-corrected chi connectivity index (χ1v) is 9.59. The number of guanidine groups is 1. The number of carbonyl (C=O) groups is 1. The van der Waals surface area contributed by atoms with Gasteiger partial charge in [-0.1, -0.05) is 24.3 Å². The van der Waals surface area contributed by atoms with Crippen molar-refractivity contribution < 1.29 is 9.53 Å². The van der Waals surface area contributed by atoms with Crippen LogP contribution in [0.2, 0.25) is 0 Å². The normalized spacial score (nSPS) is 11.1. The summed E-state index contributed by atoms with van der Waals surface area (Å²) in [5, 5.41) is 6.14. The average Bonchev–Trinajstić information content (AvgIpc) is 2.66. The van der Waals surface area contributed by atoms with Crippen molar-refractivity contribution in [2.45, 2.75) is 33.9 Å². The van der Waals surface area contributed by atoms with Crippen LogP contribution in [0.3, 0.4) is 0 Å². The Kier molecular flexibility index (Phi) is 8.34. The first kappa shape index (κ1) is 21.3. The molecule has 1 amide bonds. The van der Waals surface area contributed by atoms with Crippen molar-refractivity contribution in [3.8, 4) is 5.75 Å². The summed E-state index contributed by atoms with van der Waals surface area (Å²) in [5.74, 6) is 1.64. The monoisotopic (exact) mass is 382 g/mol. The van der Waals surface area contributed by atoms with Gasteiger partial charge in [0.25, 0.3) is 0 Å². The van der Waals surface area contributed by atoms with Crippen molar-refractivity contribution >= 4 is 17.6 Å². The molecule has 2 rings (SSSR count). The molecule has 0 unspecified atom stereocenters. The fraction of sp³-hybridized carbons (Fsp3) is 0.364. The number of anilines is 1. The SMILES string of the molecule is CCNC(=NCc1cccc(NC(C)=O)c1)N(C)Cc1ccc(OCC)cc1. The largest absolute Gasteiger partial charge is 0.494 e. The lowest BCUT2D eigenvalue weighted by Gasteiger charge is -2.22. The lowest BCUT2D eigenvalue weighted by Crippen LogP contribution is -2.38. The van der Waals surface area contributed by atoms with Crippen LogP contribution in [0.15, 0.2) is 53.5 Å². The Bertz CT molecular complexity index is 787. The Labute approximate surface area is 167 Å². The van der Waals surface area contributed by atoms with Gasteiger partial charge in [-0.05, 0) is 49.2 Å². The Morgan fingerprint density at radius 1 is 1.11 bits per heavy atom. The van der Waals surface area contributed by atoms with Crippen molar-refractivity contribution in [3.05, 3.63) is 59.7 Å². The summed E-state index contributed by atoms with van der Waals surface area (Å²) < 4.78 is 5.50. The van der Waals surface area contributed by atoms with Gasteiger partial charge in [0.1, 0.15) is 5.75 Å². The molecule has 0 radical (unpaired) electrons. The third-order valence-corrected chi connectivity index (χ3v) is 4.01. The van der Waals surface area contributed by atoms with Crippen molar-refractivity contribution in [1.29, 1.82) is 0 Å². The highest BCUT2D eigenvalue weighted by atomic mass is 16.5. The second-order valence-electron chi connectivity index (χ2n) is 6.48. The highest BCUT2D eigenvalue weighted by Gasteiger charge is 2.07. The maximum Gasteiger partial charge on any atom is 0.221 e. The quantitative estimate of drug-likeness (QED) is 0.540. The third kappa shape index (κ3) is 6.95. The molecule has 6 heteroatoms. The fourth-order valence-electron chi connectivity index (χ4n) is 2.79. The minimum atomic E-state index is -0.0796. The van der Waals surface area contributed by atoms with Crippen LogP contribution in [0.4, 0.5) is 5.69 Å². The Hall–Kier alpha value is -3.02. The van der Waals surface area contributed by atoms with Gasteiger partial charge in [0.2, 0.25) is 5.91 Å². The maximum atomic E-state index is 11.2. The Balaban J connectivity index is 2.05. The van der Waals surface area contributed by atoms with Crippen LogP contribution in [0, 0.1) is 0 Å². The van der Waals surface area contributed by atoms with E-state index in [-0.39, 0.29) is 5.91 Å². The van der Waals surface area contributed by atoms with E-state index in [4.69, 9.17) is 9.73 Å².